The van der Waals surface area contributed by atoms with E-state index in [2.05, 4.69) is 10.3 Å². The molecule has 0 saturated carbocycles. The number of allylic oxidation sites excluding steroid dienone is 1. The number of ketones is 1. The van der Waals surface area contributed by atoms with E-state index in [4.69, 9.17) is 0 Å². The molecule has 3 nitrogen and oxygen atoms in total. The highest BCUT2D eigenvalue weighted by atomic mass is 127. The SMILES string of the molecule is CS/C(=C/C(=O)c1ccnc(I)c1)Nc1ccc(F)c(F)c1. The molecule has 0 spiro atoms. The third-order valence-corrected chi connectivity index (χ3v) is 3.93. The number of aromatic nitrogens is 1. The minimum Gasteiger partial charge on any atom is -0.350 e. The second-order valence-corrected chi connectivity index (χ2v) is 6.15. The Balaban J connectivity index is 2.19. The highest BCUT2D eigenvalue weighted by Crippen LogP contribution is 2.20. The quantitative estimate of drug-likeness (QED) is 0.328. The van der Waals surface area contributed by atoms with E-state index in [9.17, 15) is 13.6 Å². The van der Waals surface area contributed by atoms with Crippen molar-refractivity contribution in [2.24, 2.45) is 0 Å². The van der Waals surface area contributed by atoms with Crippen LogP contribution in [0.15, 0.2) is 47.6 Å². The fourth-order valence-electron chi connectivity index (χ4n) is 1.62. The van der Waals surface area contributed by atoms with Crippen molar-refractivity contribution < 1.29 is 13.6 Å². The molecule has 1 heterocycles. The maximum absolute atomic E-state index is 13.2. The number of hydrogen-bond donors (Lipinski definition) is 1. The summed E-state index contributed by atoms with van der Waals surface area (Å²) in [6.45, 7) is 0. The van der Waals surface area contributed by atoms with Crippen LogP contribution in [0.25, 0.3) is 0 Å². The fraction of sp³-hybridized carbons (Fsp3) is 0.0667. The molecule has 2 aromatic rings. The Bertz CT molecular complexity index is 737. The molecule has 0 bridgehead atoms. The molecule has 0 amide bonds. The number of benzene rings is 1. The molecule has 0 fully saturated rings. The molecule has 0 saturated heterocycles. The van der Waals surface area contributed by atoms with E-state index in [1.165, 1.54) is 23.9 Å². The van der Waals surface area contributed by atoms with Crippen LogP contribution in [0.2, 0.25) is 0 Å². The first-order chi connectivity index (χ1) is 10.5. The summed E-state index contributed by atoms with van der Waals surface area (Å²) >= 11 is 3.32. The number of carbonyl (C=O) groups is 1. The van der Waals surface area contributed by atoms with Crippen LogP contribution in [0.1, 0.15) is 10.4 Å². The summed E-state index contributed by atoms with van der Waals surface area (Å²) in [5.41, 5.74) is 0.884. The molecule has 7 heteroatoms. The van der Waals surface area contributed by atoms with Gasteiger partial charge in [0.05, 0.1) is 5.03 Å². The van der Waals surface area contributed by atoms with Crippen molar-refractivity contribution in [1.82, 2.24) is 4.98 Å². The number of anilines is 1. The van der Waals surface area contributed by atoms with E-state index in [0.29, 0.717) is 16.3 Å². The van der Waals surface area contributed by atoms with Gasteiger partial charge in [0.1, 0.15) is 3.70 Å². The highest BCUT2D eigenvalue weighted by Gasteiger charge is 2.08. The minimum atomic E-state index is -0.944. The molecule has 1 aromatic carbocycles. The van der Waals surface area contributed by atoms with E-state index in [1.54, 1.807) is 24.6 Å². The van der Waals surface area contributed by atoms with E-state index >= 15 is 0 Å². The summed E-state index contributed by atoms with van der Waals surface area (Å²) in [7, 11) is 0. The lowest BCUT2D eigenvalue weighted by Crippen LogP contribution is -2.02. The van der Waals surface area contributed by atoms with Crippen molar-refractivity contribution in [1.29, 1.82) is 0 Å². The van der Waals surface area contributed by atoms with Gasteiger partial charge < -0.3 is 5.32 Å². The molecule has 1 aromatic heterocycles. The third kappa shape index (κ3) is 4.51. The largest absolute Gasteiger partial charge is 0.350 e. The molecule has 0 aliphatic rings. The molecule has 0 atom stereocenters. The van der Waals surface area contributed by atoms with Crippen molar-refractivity contribution in [2.75, 3.05) is 11.6 Å². The summed E-state index contributed by atoms with van der Waals surface area (Å²) in [4.78, 5) is 16.2. The standard InChI is InChI=1S/C15H11F2IN2OS/c1-22-15(20-10-2-3-11(16)12(17)7-10)8-13(21)9-4-5-19-14(18)6-9/h2-8,20H,1H3/b15-8+. The molecule has 0 aliphatic heterocycles. The molecule has 0 aliphatic carbocycles. The van der Waals surface area contributed by atoms with Gasteiger partial charge >= 0.3 is 0 Å². The number of nitrogens with one attached hydrogen (secondary N) is 1. The van der Waals surface area contributed by atoms with Gasteiger partial charge in [-0.2, -0.15) is 0 Å². The van der Waals surface area contributed by atoms with Crippen molar-refractivity contribution >= 4 is 45.8 Å². The summed E-state index contributed by atoms with van der Waals surface area (Å²) in [6, 6.07) is 6.77. The maximum atomic E-state index is 13.2. The van der Waals surface area contributed by atoms with Crippen LogP contribution >= 0.6 is 34.4 Å². The zero-order valence-corrected chi connectivity index (χ0v) is 14.4. The summed E-state index contributed by atoms with van der Waals surface area (Å²) in [5.74, 6) is -2.05. The average Bonchev–Trinajstić information content (AvgIpc) is 2.50. The normalized spacial score (nSPS) is 11.4. The fourth-order valence-corrected chi connectivity index (χ4v) is 2.56. The molecular weight excluding hydrogens is 421 g/mol. The molecule has 0 radical (unpaired) electrons. The lowest BCUT2D eigenvalue weighted by molar-refractivity contribution is 0.104. The van der Waals surface area contributed by atoms with E-state index in [0.717, 1.165) is 15.8 Å². The highest BCUT2D eigenvalue weighted by molar-refractivity contribution is 14.1. The lowest BCUT2D eigenvalue weighted by atomic mass is 10.2. The molecule has 1 N–H and O–H groups in total. The van der Waals surface area contributed by atoms with Crippen LogP contribution in [-0.4, -0.2) is 17.0 Å². The lowest BCUT2D eigenvalue weighted by Gasteiger charge is -2.09. The maximum Gasteiger partial charge on any atom is 0.188 e. The van der Waals surface area contributed by atoms with Crippen LogP contribution in [-0.2, 0) is 0 Å². The van der Waals surface area contributed by atoms with Gasteiger partial charge in [0.2, 0.25) is 0 Å². The second-order valence-electron chi connectivity index (χ2n) is 4.20. The van der Waals surface area contributed by atoms with Gasteiger partial charge in [-0.1, -0.05) is 0 Å². The van der Waals surface area contributed by atoms with Gasteiger partial charge in [0.25, 0.3) is 0 Å². The molecule has 0 unspecified atom stereocenters. The summed E-state index contributed by atoms with van der Waals surface area (Å²) < 4.78 is 26.8. The number of rotatable bonds is 5. The smallest absolute Gasteiger partial charge is 0.188 e. The first-order valence-corrected chi connectivity index (χ1v) is 8.43. The van der Waals surface area contributed by atoms with Gasteiger partial charge in [-0.15, -0.1) is 11.8 Å². The van der Waals surface area contributed by atoms with Gasteiger partial charge in [0, 0.05) is 29.6 Å². The number of carbonyl (C=O) groups excluding carboxylic acids is 1. The minimum absolute atomic E-state index is 0.195. The number of hydrogen-bond acceptors (Lipinski definition) is 4. The van der Waals surface area contributed by atoms with Crippen LogP contribution < -0.4 is 5.32 Å². The Morgan fingerprint density at radius 2 is 2.05 bits per heavy atom. The van der Waals surface area contributed by atoms with E-state index in [-0.39, 0.29) is 5.78 Å². The predicted molar refractivity (Wildman–Crippen MR) is 92.9 cm³/mol. The molecule has 114 valence electrons. The summed E-state index contributed by atoms with van der Waals surface area (Å²) in [6.07, 6.45) is 4.75. The van der Waals surface area contributed by atoms with Crippen molar-refractivity contribution in [2.45, 2.75) is 0 Å². The Morgan fingerprint density at radius 1 is 1.27 bits per heavy atom. The summed E-state index contributed by atoms with van der Waals surface area (Å²) in [5, 5.41) is 3.42. The van der Waals surface area contributed by atoms with Crippen molar-refractivity contribution in [3.8, 4) is 0 Å². The molecule has 22 heavy (non-hydrogen) atoms. The van der Waals surface area contributed by atoms with Crippen LogP contribution in [0.3, 0.4) is 0 Å². The van der Waals surface area contributed by atoms with Gasteiger partial charge in [-0.05, 0) is 53.1 Å². The average molecular weight is 432 g/mol. The number of thioether (sulfide) groups is 1. The zero-order chi connectivity index (χ0) is 16.1. The van der Waals surface area contributed by atoms with Crippen LogP contribution in [0, 0.1) is 15.3 Å². The van der Waals surface area contributed by atoms with Crippen LogP contribution in [0.4, 0.5) is 14.5 Å². The first kappa shape index (κ1) is 16.9. The second kappa shape index (κ2) is 7.68. The number of halogens is 3. The van der Waals surface area contributed by atoms with Crippen molar-refractivity contribution in [3.63, 3.8) is 0 Å². The first-order valence-electron chi connectivity index (χ1n) is 6.13. The monoisotopic (exact) mass is 432 g/mol. The van der Waals surface area contributed by atoms with Gasteiger partial charge in [-0.3, -0.25) is 9.78 Å². The number of nitrogens with zero attached hydrogens (tertiary/aromatic N) is 1. The van der Waals surface area contributed by atoms with Gasteiger partial charge in [0.15, 0.2) is 17.4 Å². The number of pyridine rings is 1. The predicted octanol–water partition coefficient (Wildman–Crippen LogP) is 4.46. The Hall–Kier alpha value is -1.48. The molecule has 2 rings (SSSR count). The Morgan fingerprint density at radius 3 is 2.68 bits per heavy atom. The Labute approximate surface area is 144 Å². The van der Waals surface area contributed by atoms with E-state index < -0.39 is 11.6 Å². The third-order valence-electron chi connectivity index (χ3n) is 2.68. The molecular formula is C15H11F2IN2OS. The van der Waals surface area contributed by atoms with E-state index in [1.807, 2.05) is 22.6 Å². The Kier molecular flexibility index (Phi) is 5.90. The topological polar surface area (TPSA) is 42.0 Å². The van der Waals surface area contributed by atoms with Crippen molar-refractivity contribution in [3.05, 3.63) is 68.5 Å². The zero-order valence-electron chi connectivity index (χ0n) is 11.4. The van der Waals surface area contributed by atoms with Gasteiger partial charge in [-0.25, -0.2) is 8.78 Å². The van der Waals surface area contributed by atoms with Crippen LogP contribution in [0.5, 0.6) is 0 Å².